The normalized spacial score (nSPS) is 14.0. The van der Waals surface area contributed by atoms with E-state index in [1.54, 1.807) is 30.5 Å². The Bertz CT molecular complexity index is 2960. The Morgan fingerprint density at radius 1 is 0.781 bits per heavy atom. The predicted molar refractivity (Wildman–Crippen MR) is 245 cm³/mol. The first-order valence-corrected chi connectivity index (χ1v) is 21.5. The zero-order chi connectivity index (χ0) is 43.8. The second-order valence-corrected chi connectivity index (χ2v) is 15.8. The number of carbonyl (C=O) groups excluding carboxylic acids is 2. The van der Waals surface area contributed by atoms with Crippen LogP contribution in [0.5, 0.6) is 11.5 Å². The molecular weight excluding hydrogens is 835 g/mol. The maximum absolute atomic E-state index is 13.6. The van der Waals surface area contributed by atoms with Gasteiger partial charge < -0.3 is 28.8 Å². The molecule has 1 unspecified atom stereocenters. The van der Waals surface area contributed by atoms with E-state index in [9.17, 15) is 14.0 Å². The minimum absolute atomic E-state index is 0.191. The van der Waals surface area contributed by atoms with Crippen LogP contribution in [-0.4, -0.2) is 64.4 Å². The van der Waals surface area contributed by atoms with E-state index in [1.165, 1.54) is 18.5 Å². The molecule has 0 spiro atoms. The van der Waals surface area contributed by atoms with Crippen molar-refractivity contribution in [2.45, 2.75) is 38.3 Å². The molecule has 0 radical (unpaired) electrons. The smallest absolute Gasteiger partial charge is 0.249 e. The van der Waals surface area contributed by atoms with Gasteiger partial charge in [-0.3, -0.25) is 14.9 Å². The average Bonchev–Trinajstić information content (AvgIpc) is 3.64. The Kier molecular flexibility index (Phi) is 13.0. The highest BCUT2D eigenvalue weighted by atomic mass is 35.5. The molecule has 8 aromatic rings. The van der Waals surface area contributed by atoms with Crippen molar-refractivity contribution >= 4 is 67.8 Å². The molecule has 64 heavy (non-hydrogen) atoms. The Morgan fingerprint density at radius 2 is 1.61 bits per heavy atom. The predicted octanol–water partition coefficient (Wildman–Crippen LogP) is 9.94. The second-order valence-electron chi connectivity index (χ2n) is 15.4. The van der Waals surface area contributed by atoms with Gasteiger partial charge in [0, 0.05) is 41.1 Å². The van der Waals surface area contributed by atoms with Crippen LogP contribution in [0.4, 0.5) is 15.9 Å². The number of carbonyl (C=O) groups is 2. The van der Waals surface area contributed by atoms with Gasteiger partial charge in [-0.1, -0.05) is 60.1 Å². The summed E-state index contributed by atoms with van der Waals surface area (Å²) in [5, 5.41) is 9.18. The first kappa shape index (κ1) is 42.4. The molecule has 1 saturated heterocycles. The number of rotatable bonds is 18. The number of hydrogen-bond donors (Lipinski definition) is 2. The molecule has 4 heterocycles. The molecule has 5 aromatic carbocycles. The first-order valence-electron chi connectivity index (χ1n) is 21.2. The van der Waals surface area contributed by atoms with Gasteiger partial charge in [-0.15, -0.1) is 0 Å². The number of piperidine rings is 1. The van der Waals surface area contributed by atoms with Crippen molar-refractivity contribution < 1.29 is 32.9 Å². The average molecular weight is 879 g/mol. The highest BCUT2D eigenvalue weighted by Gasteiger charge is 2.31. The van der Waals surface area contributed by atoms with Gasteiger partial charge in [0.2, 0.25) is 11.8 Å². The van der Waals surface area contributed by atoms with Gasteiger partial charge in [-0.25, -0.2) is 19.3 Å². The highest BCUT2D eigenvalue weighted by molar-refractivity contribution is 6.32. The number of para-hydroxylation sites is 1. The van der Waals surface area contributed by atoms with Crippen LogP contribution in [0.25, 0.3) is 44.0 Å². The number of fused-ring (bicyclic) bond motifs is 4. The molecule has 1 aliphatic heterocycles. The Labute approximate surface area is 373 Å². The number of amides is 2. The molecule has 0 bridgehead atoms. The number of halogens is 2. The standard InChI is InChI=1S/C50H44ClFN6O6/c51-41-29-37(13-18-45(41)64-30-32-5-3-7-36(52)27-32)56-48-40-28-35(12-16-42(40)54-31-55-48)33-10-14-38(15-11-33)63-26-25-62-24-23-61-22-4-6-34-20-21-53-49-47(34)39-8-1-2-9-43(39)58(49)44-17-19-46(59)57-50(44)60/h1-3,5,7-16,18,20-21,27-29,31,44H,4,6,17,19,22-26,30H2,(H,54,55,56)(H,57,59,60). The third-order valence-electron chi connectivity index (χ3n) is 11.1. The minimum atomic E-state index is -0.489. The molecule has 0 saturated carbocycles. The minimum Gasteiger partial charge on any atom is -0.491 e. The first-order chi connectivity index (χ1) is 31.4. The van der Waals surface area contributed by atoms with E-state index in [1.807, 2.05) is 77.4 Å². The van der Waals surface area contributed by atoms with Crippen molar-refractivity contribution in [1.82, 2.24) is 24.8 Å². The highest BCUT2D eigenvalue weighted by Crippen LogP contribution is 2.36. The summed E-state index contributed by atoms with van der Waals surface area (Å²) in [6.45, 7) is 2.51. The second kappa shape index (κ2) is 19.6. The van der Waals surface area contributed by atoms with E-state index in [4.69, 9.17) is 35.5 Å². The zero-order valence-electron chi connectivity index (χ0n) is 34.8. The fourth-order valence-corrected chi connectivity index (χ4v) is 8.27. The summed E-state index contributed by atoms with van der Waals surface area (Å²) in [5.74, 6) is 1.01. The summed E-state index contributed by atoms with van der Waals surface area (Å²) in [6, 6.07) is 35.1. The van der Waals surface area contributed by atoms with Crippen LogP contribution in [0.3, 0.4) is 0 Å². The molecule has 0 aliphatic carbocycles. The van der Waals surface area contributed by atoms with E-state index in [0.717, 1.165) is 73.8 Å². The third-order valence-corrected chi connectivity index (χ3v) is 11.4. The Morgan fingerprint density at radius 3 is 2.45 bits per heavy atom. The molecule has 12 nitrogen and oxygen atoms in total. The van der Waals surface area contributed by atoms with Crippen LogP contribution in [0.2, 0.25) is 5.02 Å². The summed E-state index contributed by atoms with van der Waals surface area (Å²) >= 11 is 6.56. The van der Waals surface area contributed by atoms with Crippen molar-refractivity contribution in [2.75, 3.05) is 38.4 Å². The van der Waals surface area contributed by atoms with Crippen molar-refractivity contribution in [1.29, 1.82) is 0 Å². The lowest BCUT2D eigenvalue weighted by Crippen LogP contribution is -2.41. The number of benzene rings is 5. The Balaban J connectivity index is 0.718. The van der Waals surface area contributed by atoms with E-state index in [0.29, 0.717) is 68.0 Å². The molecule has 2 amide bonds. The molecule has 9 rings (SSSR count). The number of nitrogens with one attached hydrogen (secondary N) is 2. The van der Waals surface area contributed by atoms with E-state index < -0.39 is 6.04 Å². The van der Waals surface area contributed by atoms with Crippen LogP contribution < -0.4 is 20.1 Å². The maximum atomic E-state index is 13.6. The Hall–Kier alpha value is -6.93. The van der Waals surface area contributed by atoms with Crippen molar-refractivity contribution in [2.24, 2.45) is 0 Å². The zero-order valence-corrected chi connectivity index (χ0v) is 35.5. The van der Waals surface area contributed by atoms with E-state index >= 15 is 0 Å². The van der Waals surface area contributed by atoms with Crippen LogP contribution >= 0.6 is 11.6 Å². The van der Waals surface area contributed by atoms with E-state index in [-0.39, 0.29) is 24.2 Å². The summed E-state index contributed by atoms with van der Waals surface area (Å²) in [7, 11) is 0. The molecule has 1 atom stereocenters. The number of ether oxygens (including phenoxy) is 4. The number of imide groups is 1. The quantitative estimate of drug-likeness (QED) is 0.0633. The molecule has 324 valence electrons. The van der Waals surface area contributed by atoms with Crippen molar-refractivity contribution in [3.8, 4) is 22.6 Å². The SMILES string of the molecule is O=C1CCC(n2c3ccccc3c3c(CCCOCCOCCOc4ccc(-c5ccc6ncnc(Nc7ccc(OCc8cccc(F)c8)c(Cl)c7)c6c5)cc4)ccnc32)C(=O)N1. The number of pyridine rings is 1. The number of hydrogen-bond acceptors (Lipinski definition) is 10. The molecule has 1 aliphatic rings. The van der Waals surface area contributed by atoms with Crippen LogP contribution in [0, 0.1) is 5.82 Å². The van der Waals surface area contributed by atoms with Crippen molar-refractivity contribution in [3.63, 3.8) is 0 Å². The number of aryl methyl sites for hydroxylation is 1. The van der Waals surface area contributed by atoms with Gasteiger partial charge in [-0.2, -0.15) is 0 Å². The van der Waals surface area contributed by atoms with Gasteiger partial charge in [0.15, 0.2) is 0 Å². The summed E-state index contributed by atoms with van der Waals surface area (Å²) in [5.41, 5.74) is 7.04. The van der Waals surface area contributed by atoms with E-state index in [2.05, 4.69) is 26.7 Å². The van der Waals surface area contributed by atoms with Gasteiger partial charge in [0.25, 0.3) is 0 Å². The monoisotopic (exact) mass is 878 g/mol. The number of anilines is 2. The summed E-state index contributed by atoms with van der Waals surface area (Å²) in [4.78, 5) is 38.4. The fraction of sp³-hybridized carbons (Fsp3) is 0.220. The van der Waals surface area contributed by atoms with Crippen molar-refractivity contribution in [3.05, 3.63) is 150 Å². The van der Waals surface area contributed by atoms with Crippen LogP contribution in [-0.2, 0) is 32.1 Å². The van der Waals surface area contributed by atoms with Crippen LogP contribution in [0.1, 0.15) is 36.4 Å². The number of nitrogens with zero attached hydrogens (tertiary/aromatic N) is 4. The topological polar surface area (TPSA) is 139 Å². The molecule has 3 aromatic heterocycles. The summed E-state index contributed by atoms with van der Waals surface area (Å²) in [6.07, 6.45) is 5.64. The van der Waals surface area contributed by atoms with Crippen LogP contribution in [0.15, 0.2) is 128 Å². The number of aromatic nitrogens is 4. The molecule has 14 heteroatoms. The lowest BCUT2D eigenvalue weighted by atomic mass is 10.0. The lowest BCUT2D eigenvalue weighted by molar-refractivity contribution is -0.135. The van der Waals surface area contributed by atoms with Gasteiger partial charge in [0.05, 0.1) is 35.9 Å². The molecular formula is C50H44ClFN6O6. The lowest BCUT2D eigenvalue weighted by Gasteiger charge is -2.23. The largest absolute Gasteiger partial charge is 0.491 e. The molecule has 2 N–H and O–H groups in total. The molecule has 1 fully saturated rings. The van der Waals surface area contributed by atoms with Gasteiger partial charge >= 0.3 is 0 Å². The van der Waals surface area contributed by atoms with Gasteiger partial charge in [0.1, 0.15) is 54.4 Å². The van der Waals surface area contributed by atoms with Gasteiger partial charge in [-0.05, 0) is 108 Å². The fourth-order valence-electron chi connectivity index (χ4n) is 8.03. The maximum Gasteiger partial charge on any atom is 0.249 e. The summed E-state index contributed by atoms with van der Waals surface area (Å²) < 4.78 is 39.0. The third kappa shape index (κ3) is 9.66.